The van der Waals surface area contributed by atoms with Crippen LogP contribution in [0.1, 0.15) is 46.5 Å². The molecule has 0 aliphatic heterocycles. The topological polar surface area (TPSA) is 43.8 Å². The highest BCUT2D eigenvalue weighted by atomic mass is 15.1. The van der Waals surface area contributed by atoms with Crippen molar-refractivity contribution in [1.29, 1.82) is 0 Å². The average Bonchev–Trinajstić information content (AvgIpc) is 2.66. The summed E-state index contributed by atoms with van der Waals surface area (Å²) < 4.78 is 2.35. The number of benzene rings is 1. The fraction of sp³-hybridized carbons (Fsp3) is 0.562. The first-order valence-electron chi connectivity index (χ1n) is 7.07. The summed E-state index contributed by atoms with van der Waals surface area (Å²) in [6, 6.07) is 8.66. The Hall–Kier alpha value is -1.35. The van der Waals surface area contributed by atoms with Crippen molar-refractivity contribution < 1.29 is 0 Å². The van der Waals surface area contributed by atoms with E-state index in [1.54, 1.807) is 0 Å². The number of fused-ring (bicyclic) bond motifs is 1. The summed E-state index contributed by atoms with van der Waals surface area (Å²) in [5.41, 5.74) is 8.63. The number of rotatable bonds is 3. The van der Waals surface area contributed by atoms with Gasteiger partial charge >= 0.3 is 0 Å². The van der Waals surface area contributed by atoms with Gasteiger partial charge in [-0.25, -0.2) is 4.98 Å². The summed E-state index contributed by atoms with van der Waals surface area (Å²) in [6.45, 7) is 11.0. The van der Waals surface area contributed by atoms with E-state index in [1.807, 2.05) is 6.07 Å². The minimum absolute atomic E-state index is 0.0860. The second kappa shape index (κ2) is 4.97. The number of nitrogens with zero attached hydrogens (tertiary/aromatic N) is 2. The van der Waals surface area contributed by atoms with Crippen LogP contribution in [0, 0.1) is 5.41 Å². The SMILES string of the molecule is CCc1nc2ccccc2n1C(C(C)N)C(C)(C)C. The predicted octanol–water partition coefficient (Wildman–Crippen LogP) is 3.53. The Bertz CT molecular complexity index is 561. The van der Waals surface area contributed by atoms with Crippen LogP contribution >= 0.6 is 0 Å². The van der Waals surface area contributed by atoms with Gasteiger partial charge in [0.25, 0.3) is 0 Å². The van der Waals surface area contributed by atoms with Crippen molar-refractivity contribution in [3.63, 3.8) is 0 Å². The maximum absolute atomic E-state index is 6.28. The molecular weight excluding hydrogens is 234 g/mol. The van der Waals surface area contributed by atoms with Gasteiger partial charge in [0.05, 0.1) is 17.1 Å². The Labute approximate surface area is 115 Å². The molecule has 0 spiro atoms. The second-order valence-electron chi connectivity index (χ2n) is 6.41. The van der Waals surface area contributed by atoms with Crippen LogP contribution in [-0.2, 0) is 6.42 Å². The smallest absolute Gasteiger partial charge is 0.109 e. The van der Waals surface area contributed by atoms with Crippen molar-refractivity contribution in [2.45, 2.75) is 53.1 Å². The van der Waals surface area contributed by atoms with E-state index in [4.69, 9.17) is 10.7 Å². The standard InChI is InChI=1S/C16H25N3/c1-6-14-18-12-9-7-8-10-13(12)19(14)15(11(2)17)16(3,4)5/h7-11,15H,6,17H2,1-5H3. The summed E-state index contributed by atoms with van der Waals surface area (Å²) in [4.78, 5) is 4.76. The molecule has 2 N–H and O–H groups in total. The lowest BCUT2D eigenvalue weighted by atomic mass is 9.82. The zero-order valence-electron chi connectivity index (χ0n) is 12.6. The van der Waals surface area contributed by atoms with Crippen molar-refractivity contribution in [3.05, 3.63) is 30.1 Å². The lowest BCUT2D eigenvalue weighted by molar-refractivity contribution is 0.213. The second-order valence-corrected chi connectivity index (χ2v) is 6.41. The van der Waals surface area contributed by atoms with Crippen LogP contribution in [0.4, 0.5) is 0 Å². The van der Waals surface area contributed by atoms with Crippen LogP contribution in [0.15, 0.2) is 24.3 Å². The number of imidazole rings is 1. The van der Waals surface area contributed by atoms with E-state index in [9.17, 15) is 0 Å². The molecule has 104 valence electrons. The largest absolute Gasteiger partial charge is 0.326 e. The number of hydrogen-bond acceptors (Lipinski definition) is 2. The molecule has 1 heterocycles. The van der Waals surface area contributed by atoms with Crippen molar-refractivity contribution >= 4 is 11.0 Å². The van der Waals surface area contributed by atoms with E-state index >= 15 is 0 Å². The molecule has 2 aromatic rings. The molecule has 2 atom stereocenters. The van der Waals surface area contributed by atoms with Gasteiger partial charge < -0.3 is 10.3 Å². The Morgan fingerprint density at radius 3 is 2.42 bits per heavy atom. The number of aryl methyl sites for hydroxylation is 1. The molecule has 0 fully saturated rings. The Morgan fingerprint density at radius 2 is 1.89 bits per heavy atom. The quantitative estimate of drug-likeness (QED) is 0.916. The Morgan fingerprint density at radius 1 is 1.26 bits per heavy atom. The maximum atomic E-state index is 6.28. The minimum atomic E-state index is 0.0860. The molecule has 1 aromatic carbocycles. The van der Waals surface area contributed by atoms with E-state index in [0.717, 1.165) is 17.8 Å². The average molecular weight is 259 g/mol. The zero-order chi connectivity index (χ0) is 14.2. The summed E-state index contributed by atoms with van der Waals surface area (Å²) in [5.74, 6) is 1.12. The molecule has 0 saturated heterocycles. The number of aromatic nitrogens is 2. The lowest BCUT2D eigenvalue weighted by Crippen LogP contribution is -2.39. The highest BCUT2D eigenvalue weighted by Gasteiger charge is 2.32. The fourth-order valence-corrected chi connectivity index (χ4v) is 3.07. The summed E-state index contributed by atoms with van der Waals surface area (Å²) in [7, 11) is 0. The van der Waals surface area contributed by atoms with E-state index in [1.165, 1.54) is 5.52 Å². The molecule has 0 aliphatic rings. The van der Waals surface area contributed by atoms with Gasteiger partial charge in [-0.05, 0) is 24.5 Å². The van der Waals surface area contributed by atoms with E-state index < -0.39 is 0 Å². The van der Waals surface area contributed by atoms with Gasteiger partial charge in [-0.15, -0.1) is 0 Å². The summed E-state index contributed by atoms with van der Waals surface area (Å²) in [6.07, 6.45) is 0.925. The Balaban J connectivity index is 2.71. The molecule has 3 nitrogen and oxygen atoms in total. The van der Waals surface area contributed by atoms with Crippen molar-refractivity contribution in [2.75, 3.05) is 0 Å². The number of para-hydroxylation sites is 2. The van der Waals surface area contributed by atoms with Gasteiger partial charge in [-0.1, -0.05) is 39.8 Å². The van der Waals surface area contributed by atoms with E-state index in [0.29, 0.717) is 0 Å². The van der Waals surface area contributed by atoms with Crippen LogP contribution in [0.5, 0.6) is 0 Å². The molecule has 2 unspecified atom stereocenters. The first-order chi connectivity index (χ1) is 8.86. The van der Waals surface area contributed by atoms with Gasteiger partial charge in [-0.2, -0.15) is 0 Å². The van der Waals surface area contributed by atoms with Gasteiger partial charge in [0.1, 0.15) is 5.82 Å². The molecule has 0 bridgehead atoms. The third-order valence-electron chi connectivity index (χ3n) is 3.65. The third kappa shape index (κ3) is 2.52. The van der Waals surface area contributed by atoms with Crippen LogP contribution in [0.3, 0.4) is 0 Å². The van der Waals surface area contributed by atoms with Gasteiger partial charge in [0, 0.05) is 12.5 Å². The van der Waals surface area contributed by atoms with E-state index in [2.05, 4.69) is 57.4 Å². The molecule has 0 saturated carbocycles. The molecule has 0 aliphatic carbocycles. The normalized spacial score (nSPS) is 15.7. The molecule has 2 rings (SSSR count). The molecule has 3 heteroatoms. The molecule has 1 aromatic heterocycles. The van der Waals surface area contributed by atoms with Crippen molar-refractivity contribution in [3.8, 4) is 0 Å². The molecule has 19 heavy (non-hydrogen) atoms. The highest BCUT2D eigenvalue weighted by molar-refractivity contribution is 5.76. The monoisotopic (exact) mass is 259 g/mol. The van der Waals surface area contributed by atoms with Crippen molar-refractivity contribution in [1.82, 2.24) is 9.55 Å². The van der Waals surface area contributed by atoms with Crippen LogP contribution < -0.4 is 5.73 Å². The minimum Gasteiger partial charge on any atom is -0.326 e. The first-order valence-corrected chi connectivity index (χ1v) is 7.07. The van der Waals surface area contributed by atoms with Gasteiger partial charge in [-0.3, -0.25) is 0 Å². The van der Waals surface area contributed by atoms with Gasteiger partial charge in [0.2, 0.25) is 0 Å². The molecular formula is C16H25N3. The lowest BCUT2D eigenvalue weighted by Gasteiger charge is -2.36. The van der Waals surface area contributed by atoms with Crippen LogP contribution in [0.2, 0.25) is 0 Å². The van der Waals surface area contributed by atoms with Gasteiger partial charge in [0.15, 0.2) is 0 Å². The first kappa shape index (κ1) is 14.1. The fourth-order valence-electron chi connectivity index (χ4n) is 3.07. The zero-order valence-corrected chi connectivity index (χ0v) is 12.6. The van der Waals surface area contributed by atoms with Crippen molar-refractivity contribution in [2.24, 2.45) is 11.1 Å². The predicted molar refractivity (Wildman–Crippen MR) is 81.3 cm³/mol. The summed E-state index contributed by atoms with van der Waals surface area (Å²) in [5, 5.41) is 0. The highest BCUT2D eigenvalue weighted by Crippen LogP contribution is 2.36. The Kier molecular flexibility index (Phi) is 3.68. The van der Waals surface area contributed by atoms with Crippen LogP contribution in [0.25, 0.3) is 11.0 Å². The number of hydrogen-bond donors (Lipinski definition) is 1. The molecule has 0 amide bonds. The third-order valence-corrected chi connectivity index (χ3v) is 3.65. The van der Waals surface area contributed by atoms with E-state index in [-0.39, 0.29) is 17.5 Å². The number of nitrogens with two attached hydrogens (primary N) is 1. The maximum Gasteiger partial charge on any atom is 0.109 e. The summed E-state index contributed by atoms with van der Waals surface area (Å²) >= 11 is 0. The molecule has 0 radical (unpaired) electrons. The van der Waals surface area contributed by atoms with Crippen LogP contribution in [-0.4, -0.2) is 15.6 Å².